The van der Waals surface area contributed by atoms with Crippen molar-refractivity contribution in [1.29, 1.82) is 0 Å². The van der Waals surface area contributed by atoms with E-state index in [1.807, 2.05) is 0 Å². The lowest BCUT2D eigenvalue weighted by Crippen LogP contribution is -2.64. The third kappa shape index (κ3) is 2.03. The van der Waals surface area contributed by atoms with Gasteiger partial charge in [-0.25, -0.2) is 4.39 Å². The Hall–Kier alpha value is -1.42. The third-order valence-electron chi connectivity index (χ3n) is 5.17. The highest BCUT2D eigenvalue weighted by Crippen LogP contribution is 2.43. The van der Waals surface area contributed by atoms with Gasteiger partial charge < -0.3 is 10.2 Å². The van der Waals surface area contributed by atoms with E-state index in [4.69, 9.17) is 0 Å². The molecule has 106 valence electrons. The van der Waals surface area contributed by atoms with Gasteiger partial charge in [-0.2, -0.15) is 0 Å². The number of carbonyl (C=O) groups is 1. The van der Waals surface area contributed by atoms with Gasteiger partial charge in [-0.1, -0.05) is 6.07 Å². The summed E-state index contributed by atoms with van der Waals surface area (Å²) in [6.07, 6.45) is 2.47. The van der Waals surface area contributed by atoms with Gasteiger partial charge in [0.05, 0.1) is 0 Å². The molecule has 3 heterocycles. The highest BCUT2D eigenvalue weighted by Gasteiger charge is 2.47. The Bertz CT molecular complexity index is 517. The fraction of sp³-hybridized carbons (Fsp3) is 0.562. The molecular formula is C16H19FN2O. The largest absolute Gasteiger partial charge is 0.349 e. The fourth-order valence-electron chi connectivity index (χ4n) is 4.51. The standard InChI is InChI=1S/C16H19FN2O/c17-14-3-1-2-11(6-14)16(20)18-15-12-4-10-5-13(15)9-19(7-10)8-12/h1-3,6,10,12-13,15H,4-5,7-9H2,(H,18,20). The molecule has 1 amide bonds. The molecule has 4 heteroatoms. The van der Waals surface area contributed by atoms with Crippen molar-refractivity contribution in [2.75, 3.05) is 19.6 Å². The van der Waals surface area contributed by atoms with Gasteiger partial charge in [0.1, 0.15) is 5.82 Å². The minimum atomic E-state index is -0.353. The number of nitrogens with zero attached hydrogens (tertiary/aromatic N) is 1. The maximum absolute atomic E-state index is 13.2. The quantitative estimate of drug-likeness (QED) is 0.893. The van der Waals surface area contributed by atoms with Crippen LogP contribution in [0.15, 0.2) is 24.3 Å². The van der Waals surface area contributed by atoms with Crippen molar-refractivity contribution in [3.8, 4) is 0 Å². The molecule has 3 nitrogen and oxygen atoms in total. The molecule has 5 rings (SSSR count). The molecule has 3 aliphatic heterocycles. The van der Waals surface area contributed by atoms with Crippen LogP contribution in [0.5, 0.6) is 0 Å². The number of nitrogens with one attached hydrogen (secondary N) is 1. The number of benzene rings is 1. The SMILES string of the molecule is O=C(NC1C2CC3CC1CN(C3)C2)c1cccc(F)c1. The molecule has 1 saturated carbocycles. The molecule has 1 aliphatic carbocycles. The summed E-state index contributed by atoms with van der Waals surface area (Å²) in [5.74, 6) is 1.51. The Kier molecular flexibility index (Phi) is 2.81. The van der Waals surface area contributed by atoms with E-state index in [1.54, 1.807) is 12.1 Å². The number of rotatable bonds is 2. The van der Waals surface area contributed by atoms with E-state index in [-0.39, 0.29) is 17.8 Å². The van der Waals surface area contributed by atoms with Crippen LogP contribution >= 0.6 is 0 Å². The van der Waals surface area contributed by atoms with Gasteiger partial charge in [-0.3, -0.25) is 4.79 Å². The van der Waals surface area contributed by atoms with Crippen molar-refractivity contribution in [3.63, 3.8) is 0 Å². The molecule has 0 aromatic heterocycles. The number of carbonyl (C=O) groups excluding carboxylic acids is 1. The number of piperidine rings is 3. The number of hydrogen-bond donors (Lipinski definition) is 1. The summed E-state index contributed by atoms with van der Waals surface area (Å²) >= 11 is 0. The van der Waals surface area contributed by atoms with Crippen LogP contribution in [0.3, 0.4) is 0 Å². The van der Waals surface area contributed by atoms with Crippen LogP contribution in [-0.2, 0) is 0 Å². The van der Waals surface area contributed by atoms with Crippen molar-refractivity contribution < 1.29 is 9.18 Å². The van der Waals surface area contributed by atoms with Crippen molar-refractivity contribution in [3.05, 3.63) is 35.6 Å². The summed E-state index contributed by atoms with van der Waals surface area (Å²) in [4.78, 5) is 14.8. The second kappa shape index (κ2) is 4.55. The summed E-state index contributed by atoms with van der Waals surface area (Å²) in [5, 5.41) is 3.17. The molecule has 20 heavy (non-hydrogen) atoms. The molecule has 0 spiro atoms. The molecule has 3 saturated heterocycles. The highest BCUT2D eigenvalue weighted by atomic mass is 19.1. The highest BCUT2D eigenvalue weighted by molar-refractivity contribution is 5.94. The lowest BCUT2D eigenvalue weighted by atomic mass is 9.65. The predicted molar refractivity (Wildman–Crippen MR) is 73.8 cm³/mol. The minimum absolute atomic E-state index is 0.128. The van der Waals surface area contributed by atoms with Crippen molar-refractivity contribution in [2.45, 2.75) is 18.9 Å². The summed E-state index contributed by atoms with van der Waals surface area (Å²) in [5.41, 5.74) is 0.430. The Morgan fingerprint density at radius 1 is 1.20 bits per heavy atom. The number of hydrogen-bond acceptors (Lipinski definition) is 2. The van der Waals surface area contributed by atoms with Crippen LogP contribution in [0.25, 0.3) is 0 Å². The zero-order valence-electron chi connectivity index (χ0n) is 11.4. The Labute approximate surface area is 118 Å². The van der Waals surface area contributed by atoms with Crippen LogP contribution in [-0.4, -0.2) is 36.5 Å². The van der Waals surface area contributed by atoms with Crippen LogP contribution in [0.1, 0.15) is 23.2 Å². The molecule has 2 atom stereocenters. The smallest absolute Gasteiger partial charge is 0.251 e. The van der Waals surface area contributed by atoms with Gasteiger partial charge >= 0.3 is 0 Å². The lowest BCUT2D eigenvalue weighted by Gasteiger charge is -2.55. The van der Waals surface area contributed by atoms with E-state index in [2.05, 4.69) is 10.2 Å². The van der Waals surface area contributed by atoms with Gasteiger partial charge in [0.25, 0.3) is 5.91 Å². The monoisotopic (exact) mass is 274 g/mol. The predicted octanol–water partition coefficient (Wildman–Crippen LogP) is 1.90. The van der Waals surface area contributed by atoms with Crippen LogP contribution in [0.2, 0.25) is 0 Å². The molecule has 1 N–H and O–H groups in total. The van der Waals surface area contributed by atoms with Crippen molar-refractivity contribution in [1.82, 2.24) is 10.2 Å². The molecule has 1 aromatic carbocycles. The first-order chi connectivity index (χ1) is 9.69. The third-order valence-corrected chi connectivity index (χ3v) is 5.17. The average molecular weight is 274 g/mol. The van der Waals surface area contributed by atoms with Gasteiger partial charge in [0, 0.05) is 31.2 Å². The van der Waals surface area contributed by atoms with Gasteiger partial charge in [-0.15, -0.1) is 0 Å². The van der Waals surface area contributed by atoms with E-state index in [0.29, 0.717) is 17.4 Å². The maximum Gasteiger partial charge on any atom is 0.251 e. The molecule has 4 fully saturated rings. The Balaban J connectivity index is 1.50. The van der Waals surface area contributed by atoms with E-state index in [9.17, 15) is 9.18 Å². The summed E-state index contributed by atoms with van der Waals surface area (Å²) in [6, 6.07) is 6.23. The number of amides is 1. The second-order valence-corrected chi connectivity index (χ2v) is 6.59. The first-order valence-electron chi connectivity index (χ1n) is 7.48. The lowest BCUT2D eigenvalue weighted by molar-refractivity contribution is -0.0418. The Morgan fingerprint density at radius 2 is 1.95 bits per heavy atom. The zero-order chi connectivity index (χ0) is 13.7. The van der Waals surface area contributed by atoms with Gasteiger partial charge in [0.15, 0.2) is 0 Å². The van der Waals surface area contributed by atoms with E-state index >= 15 is 0 Å². The van der Waals surface area contributed by atoms with Gasteiger partial charge in [-0.05, 0) is 48.8 Å². The maximum atomic E-state index is 13.2. The molecule has 4 aliphatic rings. The first kappa shape index (κ1) is 12.3. The van der Waals surface area contributed by atoms with Gasteiger partial charge in [0.2, 0.25) is 0 Å². The van der Waals surface area contributed by atoms with E-state index in [0.717, 1.165) is 19.0 Å². The van der Waals surface area contributed by atoms with E-state index in [1.165, 1.54) is 31.5 Å². The molecule has 0 radical (unpaired) electrons. The summed E-state index contributed by atoms with van der Waals surface area (Å²) < 4.78 is 13.2. The molecule has 4 bridgehead atoms. The van der Waals surface area contributed by atoms with Crippen LogP contribution in [0, 0.1) is 23.6 Å². The number of halogens is 1. The first-order valence-corrected chi connectivity index (χ1v) is 7.48. The fourth-order valence-corrected chi connectivity index (χ4v) is 4.51. The normalized spacial score (nSPS) is 38.0. The summed E-state index contributed by atoms with van der Waals surface area (Å²) in [7, 11) is 0. The Morgan fingerprint density at radius 3 is 2.60 bits per heavy atom. The molecular weight excluding hydrogens is 255 g/mol. The van der Waals surface area contributed by atoms with Crippen molar-refractivity contribution >= 4 is 5.91 Å². The van der Waals surface area contributed by atoms with Crippen molar-refractivity contribution in [2.24, 2.45) is 17.8 Å². The summed E-state index contributed by atoms with van der Waals surface area (Å²) in [6.45, 7) is 3.47. The zero-order valence-corrected chi connectivity index (χ0v) is 11.4. The second-order valence-electron chi connectivity index (χ2n) is 6.59. The topological polar surface area (TPSA) is 32.3 Å². The average Bonchev–Trinajstić information content (AvgIpc) is 2.42. The van der Waals surface area contributed by atoms with Crippen LogP contribution in [0.4, 0.5) is 4.39 Å². The van der Waals surface area contributed by atoms with E-state index < -0.39 is 0 Å². The minimum Gasteiger partial charge on any atom is -0.349 e. The van der Waals surface area contributed by atoms with Crippen LogP contribution < -0.4 is 5.32 Å². The molecule has 2 unspecified atom stereocenters. The molecule has 1 aromatic rings.